The van der Waals surface area contributed by atoms with Gasteiger partial charge in [-0.1, -0.05) is 261 Å². The van der Waals surface area contributed by atoms with Crippen molar-refractivity contribution in [3.63, 3.8) is 0 Å². The van der Waals surface area contributed by atoms with E-state index in [1.165, 1.54) is 0 Å². The Labute approximate surface area is 560 Å². The summed E-state index contributed by atoms with van der Waals surface area (Å²) in [5.74, 6) is 0. The van der Waals surface area contributed by atoms with Crippen LogP contribution < -0.4 is 0 Å². The molecule has 6 aromatic rings. The van der Waals surface area contributed by atoms with E-state index in [1.54, 1.807) is 0 Å². The first kappa shape index (κ1) is 72.5. The SMILES string of the molecule is C[Si](C)([N-]c1ccccc1)N1CCN([Si](C)(C)[N-]c2ccccc2)CCN([Si](C)(C)[N-]c2ccccc2)CC1.C[Si](C)([N-]c1ccccc1)N1CCN([Si](C)(C)[N-]c2ccccc2)CCN([Si](C)(C)[N-]c2ccccc2)CC1.[S-][S-].[U+4].[U+4]. The van der Waals surface area contributed by atoms with Crippen molar-refractivity contribution in [3.05, 3.63) is 212 Å². The van der Waals surface area contributed by atoms with Gasteiger partial charge in [-0.2, -0.15) is 0 Å². The van der Waals surface area contributed by atoms with E-state index in [2.05, 4.69) is 311 Å². The zero-order valence-electron chi connectivity index (χ0n) is 51.0. The summed E-state index contributed by atoms with van der Waals surface area (Å²) in [7, 11) is -12.4. The normalized spacial score (nSPS) is 16.3. The molecule has 0 aromatic heterocycles. The number of rotatable bonds is 18. The summed E-state index contributed by atoms with van der Waals surface area (Å²) in [4.78, 5) is 32.0. The van der Waals surface area contributed by atoms with Crippen molar-refractivity contribution < 1.29 is 62.2 Å². The largest absolute Gasteiger partial charge is 4.00 e. The van der Waals surface area contributed by atoms with Gasteiger partial charge in [-0.05, 0) is 0 Å². The van der Waals surface area contributed by atoms with Crippen molar-refractivity contribution in [2.75, 3.05) is 78.5 Å². The van der Waals surface area contributed by atoms with E-state index in [1.807, 2.05) is 0 Å². The molecule has 2 aliphatic rings. The first-order valence-corrected chi connectivity index (χ1v) is 47.2. The topological polar surface area (TPSA) is 104 Å². The molecule has 6 aromatic carbocycles. The van der Waals surface area contributed by atoms with Crippen molar-refractivity contribution in [3.8, 4) is 0 Å². The number of hydrogen-bond donors (Lipinski definition) is 0. The van der Waals surface area contributed by atoms with Crippen LogP contribution in [0.4, 0.5) is 34.1 Å². The third-order valence-electron chi connectivity index (χ3n) is 15.4. The van der Waals surface area contributed by atoms with Crippen molar-refractivity contribution in [1.82, 2.24) is 27.4 Å². The van der Waals surface area contributed by atoms with Gasteiger partial charge >= 0.3 is 62.2 Å². The fourth-order valence-electron chi connectivity index (χ4n) is 10.7. The Hall–Kier alpha value is -2.01. The van der Waals surface area contributed by atoms with Gasteiger partial charge < -0.3 is 80.6 Å². The Morgan fingerprint density at radius 3 is 0.415 bits per heavy atom. The standard InChI is InChI=1S/2C30H45N6Si3.S2.2U/c2*1-37(2,31-28-16-10-7-11-17-28)34-22-24-35(38(3,4)32-29-18-12-8-13-19-29)26-27-36(25-23-34)39(5,6)33-30-20-14-9-15-21-30;1-2;;/h2*7-21H,22-27H2,1-6H3;;;/q2*-3;-2;2*+4. The minimum atomic E-state index is -2.07. The minimum absolute atomic E-state index is 0. The van der Waals surface area contributed by atoms with Crippen LogP contribution in [0.15, 0.2) is 182 Å². The molecule has 0 radical (unpaired) electrons. The Morgan fingerprint density at radius 2 is 0.317 bits per heavy atom. The van der Waals surface area contributed by atoms with Crippen LogP contribution in [0.5, 0.6) is 0 Å². The molecule has 0 amide bonds. The van der Waals surface area contributed by atoms with Crippen LogP contribution >= 0.6 is 0 Å². The third kappa shape index (κ3) is 22.9. The molecule has 2 aliphatic heterocycles. The maximum absolute atomic E-state index is 5.33. The molecule has 0 unspecified atom stereocenters. The summed E-state index contributed by atoms with van der Waals surface area (Å²) in [6.45, 7) is 40.9. The second-order valence-corrected chi connectivity index (χ2v) is 46.6. The molecule has 0 bridgehead atoms. The van der Waals surface area contributed by atoms with Crippen LogP contribution in [-0.4, -0.2) is 156 Å². The van der Waals surface area contributed by atoms with Crippen LogP contribution in [0.1, 0.15) is 0 Å². The maximum atomic E-state index is 5.33. The van der Waals surface area contributed by atoms with Crippen molar-refractivity contribution in [1.29, 1.82) is 0 Å². The van der Waals surface area contributed by atoms with Crippen molar-refractivity contribution in [2.45, 2.75) is 78.6 Å². The van der Waals surface area contributed by atoms with Crippen molar-refractivity contribution in [2.24, 2.45) is 0 Å². The molecule has 22 heteroatoms. The first-order chi connectivity index (χ1) is 38.1. The van der Waals surface area contributed by atoms with Gasteiger partial charge in [-0.25, -0.2) is 0 Å². The Balaban J connectivity index is 0.000000334. The molecule has 0 spiro atoms. The zero-order chi connectivity index (χ0) is 57.9. The summed E-state index contributed by atoms with van der Waals surface area (Å²) in [6, 6.07) is 63.0. The summed E-state index contributed by atoms with van der Waals surface area (Å²) in [6.07, 6.45) is 0. The van der Waals surface area contributed by atoms with Crippen molar-refractivity contribution >= 4 is 108 Å². The molecule has 12 nitrogen and oxygen atoms in total. The molecule has 82 heavy (non-hydrogen) atoms. The Morgan fingerprint density at radius 1 is 0.220 bits per heavy atom. The molecular weight excluding hydrogens is 1600 g/mol. The smallest absolute Gasteiger partial charge is 1.00 e. The van der Waals surface area contributed by atoms with Gasteiger partial charge in [0.05, 0.1) is 0 Å². The summed E-state index contributed by atoms with van der Waals surface area (Å²) in [5, 5.41) is 0. The molecule has 434 valence electrons. The number of benzene rings is 6. The number of hydrogen-bond acceptors (Lipinski definition) is 8. The third-order valence-corrected chi connectivity index (χ3v) is 32.2. The molecule has 2 fully saturated rings. The van der Waals surface area contributed by atoms with E-state index in [-0.39, 0.29) is 62.2 Å². The van der Waals surface area contributed by atoms with Gasteiger partial charge in [-0.3, -0.25) is 0 Å². The average Bonchev–Trinajstić information content (AvgIpc) is 3.66. The van der Waals surface area contributed by atoms with Crippen LogP contribution in [0.3, 0.4) is 0 Å². The van der Waals surface area contributed by atoms with Gasteiger partial charge in [0, 0.05) is 129 Å². The average molecular weight is 1690 g/mol. The van der Waals surface area contributed by atoms with Gasteiger partial charge in [-0.15, -0.1) is 34.1 Å². The molecular formula is C60H90N12S2Si6U2. The summed E-state index contributed by atoms with van der Waals surface area (Å²) in [5.41, 5.74) is 6.53. The van der Waals surface area contributed by atoms with Crippen LogP contribution in [0, 0.1) is 62.2 Å². The monoisotopic (exact) mass is 1690 g/mol. The fourth-order valence-corrected chi connectivity index (χ4v) is 24.0. The summed E-state index contributed by atoms with van der Waals surface area (Å²) >= 11 is 7.33. The second-order valence-electron chi connectivity index (χ2n) is 23.6. The first-order valence-electron chi connectivity index (χ1n) is 28.5. The van der Waals surface area contributed by atoms with Crippen LogP contribution in [0.25, 0.3) is 29.9 Å². The molecule has 2 heterocycles. The fraction of sp³-hybridized carbons (Fsp3) is 0.400. The predicted molar refractivity (Wildman–Crippen MR) is 366 cm³/mol. The zero-order valence-corrected chi connectivity index (χ0v) is 66.9. The minimum Gasteiger partial charge on any atom is -1.00 e. The molecule has 0 atom stereocenters. The molecule has 0 N–H and O–H groups in total. The van der Waals surface area contributed by atoms with Crippen LogP contribution in [-0.2, 0) is 23.3 Å². The van der Waals surface area contributed by atoms with Crippen LogP contribution in [0.2, 0.25) is 78.6 Å². The Bertz CT molecular complexity index is 2190. The van der Waals surface area contributed by atoms with Gasteiger partial charge in [0.2, 0.25) is 0 Å². The number of nitrogens with zero attached hydrogens (tertiary/aromatic N) is 12. The maximum Gasteiger partial charge on any atom is 4.00 e. The van der Waals surface area contributed by atoms with Gasteiger partial charge in [0.25, 0.3) is 0 Å². The van der Waals surface area contributed by atoms with E-state index in [4.69, 9.17) is 29.9 Å². The molecule has 0 saturated carbocycles. The molecule has 8 rings (SSSR count). The second kappa shape index (κ2) is 34.5. The van der Waals surface area contributed by atoms with E-state index >= 15 is 0 Å². The van der Waals surface area contributed by atoms with E-state index < -0.39 is 50.4 Å². The van der Waals surface area contributed by atoms with Gasteiger partial charge in [0.15, 0.2) is 0 Å². The van der Waals surface area contributed by atoms with E-state index in [9.17, 15) is 0 Å². The van der Waals surface area contributed by atoms with E-state index in [0.29, 0.717) is 0 Å². The summed E-state index contributed by atoms with van der Waals surface area (Å²) < 4.78 is 16.2. The molecule has 0 aliphatic carbocycles. The predicted octanol–water partition coefficient (Wildman–Crippen LogP) is 16.3. The quantitative estimate of drug-likeness (QED) is 0.0476. The van der Waals surface area contributed by atoms with E-state index in [0.717, 1.165) is 113 Å². The molecule has 2 saturated heterocycles. The Kier molecular flexibility index (Phi) is 30.5. The van der Waals surface area contributed by atoms with Gasteiger partial charge in [0.1, 0.15) is 0 Å².